The average molecular weight is 488 g/mol. The van der Waals surface area contributed by atoms with E-state index < -0.39 is 24.3 Å². The van der Waals surface area contributed by atoms with Gasteiger partial charge in [0.15, 0.2) is 0 Å². The lowest BCUT2D eigenvalue weighted by molar-refractivity contribution is -0.120. The summed E-state index contributed by atoms with van der Waals surface area (Å²) < 4.78 is 11.0. The highest BCUT2D eigenvalue weighted by Gasteiger charge is 2.29. The first-order chi connectivity index (χ1) is 17.5. The molecule has 1 heterocycles. The third kappa shape index (κ3) is 6.71. The van der Waals surface area contributed by atoms with E-state index in [0.717, 1.165) is 11.1 Å². The van der Waals surface area contributed by atoms with Gasteiger partial charge in [-0.05, 0) is 35.4 Å². The molecule has 0 unspecified atom stereocenters. The SMILES string of the molecule is COc1cccc(NC(=O)N[C@@H]2C=C[C@@H](CC(=O)Nc3ccc(-c4ccccc4)cc3)O[C@H]2CO)c1. The minimum atomic E-state index is -0.686. The maximum atomic E-state index is 12.6. The standard InChI is InChI=1S/C28H29N3O5/c1-35-23-9-5-8-22(16-23)30-28(34)31-25-15-14-24(36-26(25)18-32)17-27(33)29-21-12-10-20(11-13-21)19-6-3-2-4-7-19/h2-16,24-26,32H,17-18H2,1H3,(H,29,33)(H2,30,31,34)/t24-,25+,26-/m0/s1. The van der Waals surface area contributed by atoms with Crippen LogP contribution < -0.4 is 20.7 Å². The molecule has 36 heavy (non-hydrogen) atoms. The summed E-state index contributed by atoms with van der Waals surface area (Å²) in [7, 11) is 1.55. The maximum absolute atomic E-state index is 12.6. The Morgan fingerprint density at radius 1 is 0.889 bits per heavy atom. The van der Waals surface area contributed by atoms with Crippen molar-refractivity contribution in [3.8, 4) is 16.9 Å². The zero-order valence-electron chi connectivity index (χ0n) is 19.9. The number of rotatable bonds is 8. The van der Waals surface area contributed by atoms with Crippen molar-refractivity contribution in [3.05, 3.63) is 91.0 Å². The number of hydrogen-bond acceptors (Lipinski definition) is 5. The van der Waals surface area contributed by atoms with Crippen LogP contribution in [0.1, 0.15) is 6.42 Å². The van der Waals surface area contributed by atoms with Crippen molar-refractivity contribution in [1.29, 1.82) is 0 Å². The number of aliphatic hydroxyl groups is 1. The molecule has 0 radical (unpaired) electrons. The maximum Gasteiger partial charge on any atom is 0.319 e. The van der Waals surface area contributed by atoms with E-state index in [2.05, 4.69) is 16.0 Å². The van der Waals surface area contributed by atoms with Gasteiger partial charge in [0.05, 0.1) is 32.3 Å². The van der Waals surface area contributed by atoms with Gasteiger partial charge in [0, 0.05) is 17.4 Å². The second kappa shape index (κ2) is 12.0. The third-order valence-corrected chi connectivity index (χ3v) is 5.75. The van der Waals surface area contributed by atoms with Gasteiger partial charge in [-0.3, -0.25) is 4.79 Å². The predicted octanol–water partition coefficient (Wildman–Crippen LogP) is 4.20. The van der Waals surface area contributed by atoms with Gasteiger partial charge in [-0.15, -0.1) is 0 Å². The summed E-state index contributed by atoms with van der Waals surface area (Å²) in [5, 5.41) is 18.2. The smallest absolute Gasteiger partial charge is 0.319 e. The molecule has 8 nitrogen and oxygen atoms in total. The molecule has 3 aromatic carbocycles. The molecule has 0 bridgehead atoms. The number of amides is 3. The Bertz CT molecular complexity index is 1200. The Morgan fingerprint density at radius 2 is 1.64 bits per heavy atom. The van der Waals surface area contributed by atoms with E-state index in [0.29, 0.717) is 17.1 Å². The molecule has 186 valence electrons. The van der Waals surface area contributed by atoms with E-state index >= 15 is 0 Å². The average Bonchev–Trinajstić information content (AvgIpc) is 2.90. The number of carbonyl (C=O) groups is 2. The fourth-order valence-electron chi connectivity index (χ4n) is 3.93. The first-order valence-corrected chi connectivity index (χ1v) is 11.7. The number of aliphatic hydroxyl groups excluding tert-OH is 1. The molecule has 3 aromatic rings. The molecule has 0 saturated heterocycles. The monoisotopic (exact) mass is 487 g/mol. The van der Waals surface area contributed by atoms with Crippen molar-refractivity contribution in [3.63, 3.8) is 0 Å². The normalized spacial score (nSPS) is 18.8. The molecule has 3 atom stereocenters. The Balaban J connectivity index is 1.29. The Hall–Kier alpha value is -4.14. The quantitative estimate of drug-likeness (QED) is 0.356. The lowest BCUT2D eigenvalue weighted by atomic mass is 10.0. The summed E-state index contributed by atoms with van der Waals surface area (Å²) in [6, 6.07) is 23.6. The molecule has 0 spiro atoms. The van der Waals surface area contributed by atoms with E-state index in [1.807, 2.05) is 54.6 Å². The fourth-order valence-corrected chi connectivity index (χ4v) is 3.93. The lowest BCUT2D eigenvalue weighted by Gasteiger charge is -2.31. The van der Waals surface area contributed by atoms with Crippen LogP contribution in [0, 0.1) is 0 Å². The van der Waals surface area contributed by atoms with Gasteiger partial charge in [0.25, 0.3) is 0 Å². The molecule has 0 saturated carbocycles. The number of carbonyl (C=O) groups excluding carboxylic acids is 2. The van der Waals surface area contributed by atoms with E-state index in [9.17, 15) is 14.7 Å². The number of methoxy groups -OCH3 is 1. The molecule has 4 N–H and O–H groups in total. The number of urea groups is 1. The van der Waals surface area contributed by atoms with Crippen LogP contribution in [0.5, 0.6) is 5.75 Å². The highest BCUT2D eigenvalue weighted by molar-refractivity contribution is 5.91. The zero-order chi connectivity index (χ0) is 25.3. The van der Waals surface area contributed by atoms with Crippen LogP contribution in [0.3, 0.4) is 0 Å². The fraction of sp³-hybridized carbons (Fsp3) is 0.214. The molecule has 8 heteroatoms. The summed E-state index contributed by atoms with van der Waals surface area (Å²) in [5.41, 5.74) is 3.42. The molecule has 4 rings (SSSR count). The largest absolute Gasteiger partial charge is 0.497 e. The van der Waals surface area contributed by atoms with Crippen LogP contribution >= 0.6 is 0 Å². The zero-order valence-corrected chi connectivity index (χ0v) is 19.9. The van der Waals surface area contributed by atoms with Crippen molar-refractivity contribution in [2.45, 2.75) is 24.7 Å². The van der Waals surface area contributed by atoms with Crippen LogP contribution in [-0.2, 0) is 9.53 Å². The molecular weight excluding hydrogens is 458 g/mol. The van der Waals surface area contributed by atoms with E-state index in [1.165, 1.54) is 0 Å². The number of hydrogen-bond donors (Lipinski definition) is 4. The Labute approximate surface area is 209 Å². The molecule has 1 aliphatic rings. The molecule has 1 aliphatic heterocycles. The van der Waals surface area contributed by atoms with Gasteiger partial charge in [-0.25, -0.2) is 4.79 Å². The number of ether oxygens (including phenoxy) is 2. The summed E-state index contributed by atoms with van der Waals surface area (Å²) in [4.78, 5) is 25.0. The summed E-state index contributed by atoms with van der Waals surface area (Å²) in [5.74, 6) is 0.408. The van der Waals surface area contributed by atoms with Crippen LogP contribution in [0.2, 0.25) is 0 Å². The molecule has 0 aliphatic carbocycles. The van der Waals surface area contributed by atoms with Crippen molar-refractivity contribution in [2.75, 3.05) is 24.4 Å². The highest BCUT2D eigenvalue weighted by Crippen LogP contribution is 2.22. The van der Waals surface area contributed by atoms with Crippen molar-refractivity contribution in [1.82, 2.24) is 5.32 Å². The molecule has 3 amide bonds. The second-order valence-electron chi connectivity index (χ2n) is 8.33. The van der Waals surface area contributed by atoms with E-state index in [4.69, 9.17) is 9.47 Å². The molecule has 0 fully saturated rings. The minimum absolute atomic E-state index is 0.0795. The summed E-state index contributed by atoms with van der Waals surface area (Å²) in [6.07, 6.45) is 2.33. The van der Waals surface area contributed by atoms with Crippen molar-refractivity contribution >= 4 is 23.3 Å². The van der Waals surface area contributed by atoms with Crippen LogP contribution in [0.4, 0.5) is 16.2 Å². The predicted molar refractivity (Wildman–Crippen MR) is 139 cm³/mol. The Morgan fingerprint density at radius 3 is 2.36 bits per heavy atom. The summed E-state index contributed by atoms with van der Waals surface area (Å²) in [6.45, 7) is -0.312. The van der Waals surface area contributed by atoms with Gasteiger partial charge in [0.2, 0.25) is 5.91 Å². The lowest BCUT2D eigenvalue weighted by Crippen LogP contribution is -2.50. The number of benzene rings is 3. The van der Waals surface area contributed by atoms with Gasteiger partial charge in [-0.2, -0.15) is 0 Å². The first kappa shape index (κ1) is 25.0. The number of nitrogens with one attached hydrogen (secondary N) is 3. The van der Waals surface area contributed by atoms with Gasteiger partial charge < -0.3 is 30.5 Å². The highest BCUT2D eigenvalue weighted by atomic mass is 16.5. The van der Waals surface area contributed by atoms with Gasteiger partial charge >= 0.3 is 6.03 Å². The molecular formula is C28H29N3O5. The van der Waals surface area contributed by atoms with Crippen LogP contribution in [0.25, 0.3) is 11.1 Å². The summed E-state index contributed by atoms with van der Waals surface area (Å²) >= 11 is 0. The van der Waals surface area contributed by atoms with E-state index in [1.54, 1.807) is 43.5 Å². The minimum Gasteiger partial charge on any atom is -0.497 e. The van der Waals surface area contributed by atoms with E-state index in [-0.39, 0.29) is 18.9 Å². The van der Waals surface area contributed by atoms with Crippen LogP contribution in [-0.4, -0.2) is 49.0 Å². The van der Waals surface area contributed by atoms with Crippen molar-refractivity contribution in [2.24, 2.45) is 0 Å². The number of anilines is 2. The van der Waals surface area contributed by atoms with Gasteiger partial charge in [-0.1, -0.05) is 60.7 Å². The third-order valence-electron chi connectivity index (χ3n) is 5.75. The Kier molecular flexibility index (Phi) is 8.33. The topological polar surface area (TPSA) is 109 Å². The molecule has 0 aromatic heterocycles. The van der Waals surface area contributed by atoms with Gasteiger partial charge in [0.1, 0.15) is 11.9 Å². The van der Waals surface area contributed by atoms with Crippen LogP contribution in [0.15, 0.2) is 91.0 Å². The second-order valence-corrected chi connectivity index (χ2v) is 8.33. The first-order valence-electron chi connectivity index (χ1n) is 11.7. The van der Waals surface area contributed by atoms with Crippen molar-refractivity contribution < 1.29 is 24.2 Å².